The van der Waals surface area contributed by atoms with E-state index in [9.17, 15) is 23.4 Å². The van der Waals surface area contributed by atoms with Crippen LogP contribution in [0.4, 0.5) is 13.2 Å². The van der Waals surface area contributed by atoms with Crippen molar-refractivity contribution in [2.24, 2.45) is 5.73 Å². The van der Waals surface area contributed by atoms with Crippen LogP contribution in [-0.2, 0) is 6.18 Å². The highest BCUT2D eigenvalue weighted by Gasteiger charge is 2.36. The SMILES string of the molecule is NCCC(O)C(O)c1ccc(Br)cc1C(F)(F)F. The minimum atomic E-state index is -4.59. The molecular weight excluding hydrogens is 315 g/mol. The number of aliphatic hydroxyl groups excluding tert-OH is 2. The van der Waals surface area contributed by atoms with Gasteiger partial charge in [-0.05, 0) is 30.7 Å². The topological polar surface area (TPSA) is 66.5 Å². The molecule has 0 aliphatic carbocycles. The second-order valence-corrected chi connectivity index (χ2v) is 4.73. The molecule has 0 radical (unpaired) electrons. The molecule has 2 atom stereocenters. The summed E-state index contributed by atoms with van der Waals surface area (Å²) < 4.78 is 38.6. The van der Waals surface area contributed by atoms with Crippen LogP contribution in [0.25, 0.3) is 0 Å². The zero-order chi connectivity index (χ0) is 13.9. The summed E-state index contributed by atoms with van der Waals surface area (Å²) in [5, 5.41) is 19.3. The Balaban J connectivity index is 3.15. The number of benzene rings is 1. The Hall–Kier alpha value is -0.630. The molecule has 0 bridgehead atoms. The van der Waals surface area contributed by atoms with Crippen LogP contribution < -0.4 is 5.73 Å². The van der Waals surface area contributed by atoms with E-state index >= 15 is 0 Å². The Kier molecular flexibility index (Phi) is 5.15. The van der Waals surface area contributed by atoms with Gasteiger partial charge in [0, 0.05) is 4.47 Å². The molecule has 1 aromatic carbocycles. The van der Waals surface area contributed by atoms with E-state index < -0.39 is 23.9 Å². The van der Waals surface area contributed by atoms with Crippen molar-refractivity contribution in [3.05, 3.63) is 33.8 Å². The van der Waals surface area contributed by atoms with Gasteiger partial charge in [0.05, 0.1) is 11.7 Å². The summed E-state index contributed by atoms with van der Waals surface area (Å²) in [6, 6.07) is 3.38. The van der Waals surface area contributed by atoms with Crippen molar-refractivity contribution in [3.63, 3.8) is 0 Å². The molecule has 4 N–H and O–H groups in total. The third kappa shape index (κ3) is 3.68. The number of aliphatic hydroxyl groups is 2. The third-order valence-corrected chi connectivity index (χ3v) is 2.96. The maximum absolute atomic E-state index is 12.8. The molecule has 0 fully saturated rings. The van der Waals surface area contributed by atoms with Crippen LogP contribution in [0.15, 0.2) is 22.7 Å². The highest BCUT2D eigenvalue weighted by molar-refractivity contribution is 9.10. The predicted molar refractivity (Wildman–Crippen MR) is 63.8 cm³/mol. The normalized spacial score (nSPS) is 15.5. The molecule has 0 heterocycles. The molecule has 0 amide bonds. The Morgan fingerprint density at radius 1 is 1.28 bits per heavy atom. The van der Waals surface area contributed by atoms with Crippen LogP contribution in [-0.4, -0.2) is 22.9 Å². The smallest absolute Gasteiger partial charge is 0.390 e. The minimum Gasteiger partial charge on any atom is -0.390 e. The van der Waals surface area contributed by atoms with Gasteiger partial charge in [0.25, 0.3) is 0 Å². The average molecular weight is 328 g/mol. The predicted octanol–water partition coefficient (Wildman–Crippen LogP) is 2.21. The van der Waals surface area contributed by atoms with Crippen molar-refractivity contribution in [2.75, 3.05) is 6.54 Å². The Morgan fingerprint density at radius 3 is 2.39 bits per heavy atom. The van der Waals surface area contributed by atoms with Crippen LogP contribution in [0, 0.1) is 0 Å². The highest BCUT2D eigenvalue weighted by Crippen LogP contribution is 2.37. The van der Waals surface area contributed by atoms with Gasteiger partial charge >= 0.3 is 6.18 Å². The van der Waals surface area contributed by atoms with E-state index in [4.69, 9.17) is 5.73 Å². The molecule has 102 valence electrons. The molecule has 7 heteroatoms. The van der Waals surface area contributed by atoms with Gasteiger partial charge in [-0.15, -0.1) is 0 Å². The Labute approximate surface area is 111 Å². The first kappa shape index (κ1) is 15.4. The monoisotopic (exact) mass is 327 g/mol. The second-order valence-electron chi connectivity index (χ2n) is 3.82. The van der Waals surface area contributed by atoms with Crippen molar-refractivity contribution in [3.8, 4) is 0 Å². The fourth-order valence-electron chi connectivity index (χ4n) is 1.57. The Morgan fingerprint density at radius 2 is 1.89 bits per heavy atom. The van der Waals surface area contributed by atoms with Crippen LogP contribution >= 0.6 is 15.9 Å². The third-order valence-electron chi connectivity index (χ3n) is 2.47. The van der Waals surface area contributed by atoms with Crippen LogP contribution in [0.2, 0.25) is 0 Å². The summed E-state index contributed by atoms with van der Waals surface area (Å²) >= 11 is 2.94. The molecule has 0 aromatic heterocycles. The number of nitrogens with two attached hydrogens (primary N) is 1. The van der Waals surface area contributed by atoms with Gasteiger partial charge in [-0.25, -0.2) is 0 Å². The summed E-state index contributed by atoms with van der Waals surface area (Å²) in [7, 11) is 0. The van der Waals surface area contributed by atoms with Gasteiger partial charge in [-0.2, -0.15) is 13.2 Å². The van der Waals surface area contributed by atoms with Crippen molar-refractivity contribution in [1.29, 1.82) is 0 Å². The first-order valence-electron chi connectivity index (χ1n) is 5.20. The van der Waals surface area contributed by atoms with Crippen molar-refractivity contribution >= 4 is 15.9 Å². The molecule has 0 spiro atoms. The number of hydrogen-bond donors (Lipinski definition) is 3. The number of halogens is 4. The summed E-state index contributed by atoms with van der Waals surface area (Å²) in [6.07, 6.45) is -7.51. The van der Waals surface area contributed by atoms with Crippen LogP contribution in [0.3, 0.4) is 0 Å². The molecule has 0 aliphatic rings. The van der Waals surface area contributed by atoms with Crippen molar-refractivity contribution in [1.82, 2.24) is 0 Å². The molecule has 2 unspecified atom stereocenters. The van der Waals surface area contributed by atoms with E-state index in [-0.39, 0.29) is 23.0 Å². The summed E-state index contributed by atoms with van der Waals surface area (Å²) in [4.78, 5) is 0. The molecule has 18 heavy (non-hydrogen) atoms. The summed E-state index contributed by atoms with van der Waals surface area (Å²) in [5.41, 5.74) is 3.87. The molecule has 3 nitrogen and oxygen atoms in total. The minimum absolute atomic E-state index is 0.0223. The summed E-state index contributed by atoms with van der Waals surface area (Å²) in [5.74, 6) is 0. The first-order valence-corrected chi connectivity index (χ1v) is 5.99. The number of alkyl halides is 3. The fraction of sp³-hybridized carbons (Fsp3) is 0.455. The fourth-order valence-corrected chi connectivity index (χ4v) is 1.93. The highest BCUT2D eigenvalue weighted by atomic mass is 79.9. The van der Waals surface area contributed by atoms with Gasteiger partial charge < -0.3 is 15.9 Å². The quantitative estimate of drug-likeness (QED) is 0.794. The zero-order valence-corrected chi connectivity index (χ0v) is 10.9. The van der Waals surface area contributed by atoms with Crippen molar-refractivity contribution in [2.45, 2.75) is 24.8 Å². The van der Waals surface area contributed by atoms with Gasteiger partial charge in [0.15, 0.2) is 0 Å². The maximum atomic E-state index is 12.8. The molecule has 0 saturated heterocycles. The van der Waals surface area contributed by atoms with E-state index in [0.717, 1.165) is 12.1 Å². The molecule has 0 saturated carbocycles. The lowest BCUT2D eigenvalue weighted by molar-refractivity contribution is -0.140. The number of rotatable bonds is 4. The van der Waals surface area contributed by atoms with Gasteiger partial charge in [0.1, 0.15) is 6.10 Å². The van der Waals surface area contributed by atoms with Gasteiger partial charge in [0.2, 0.25) is 0 Å². The maximum Gasteiger partial charge on any atom is 0.416 e. The van der Waals surface area contributed by atoms with Gasteiger partial charge in [-0.3, -0.25) is 0 Å². The lowest BCUT2D eigenvalue weighted by Crippen LogP contribution is -2.24. The zero-order valence-electron chi connectivity index (χ0n) is 9.28. The van der Waals surface area contributed by atoms with E-state index in [0.29, 0.717) is 0 Å². The molecule has 0 aliphatic heterocycles. The van der Waals surface area contributed by atoms with Crippen LogP contribution in [0.5, 0.6) is 0 Å². The second kappa shape index (κ2) is 6.01. The van der Waals surface area contributed by atoms with Crippen molar-refractivity contribution < 1.29 is 23.4 Å². The molecule has 1 rings (SSSR count). The van der Waals surface area contributed by atoms with E-state index in [1.807, 2.05) is 0 Å². The lowest BCUT2D eigenvalue weighted by Gasteiger charge is -2.21. The molecular formula is C11H13BrF3NO2. The molecule has 1 aromatic rings. The van der Waals surface area contributed by atoms with E-state index in [2.05, 4.69) is 15.9 Å². The van der Waals surface area contributed by atoms with Crippen LogP contribution in [0.1, 0.15) is 23.7 Å². The number of hydrogen-bond acceptors (Lipinski definition) is 3. The average Bonchev–Trinajstić information content (AvgIpc) is 2.27. The Bertz CT molecular complexity index is 412. The van der Waals surface area contributed by atoms with E-state index in [1.54, 1.807) is 0 Å². The van der Waals surface area contributed by atoms with Gasteiger partial charge in [-0.1, -0.05) is 22.0 Å². The first-order chi connectivity index (χ1) is 8.27. The summed E-state index contributed by atoms with van der Waals surface area (Å²) in [6.45, 7) is 0.0795. The standard InChI is InChI=1S/C11H13BrF3NO2/c12-6-1-2-7(8(5-6)11(13,14)15)10(18)9(17)3-4-16/h1-2,5,9-10,17-18H,3-4,16H2. The van der Waals surface area contributed by atoms with E-state index in [1.165, 1.54) is 6.07 Å². The largest absolute Gasteiger partial charge is 0.416 e. The lowest BCUT2D eigenvalue weighted by atomic mass is 9.97.